The van der Waals surface area contributed by atoms with E-state index in [1.807, 2.05) is 0 Å². The number of halogens is 1. The smallest absolute Gasteiger partial charge is 0.261 e. The molecule has 0 bridgehead atoms. The molecule has 3 aromatic carbocycles. The molecule has 3 rings (SSSR count). The van der Waals surface area contributed by atoms with Gasteiger partial charge in [-0.1, -0.05) is 18.1 Å². The molecule has 0 spiro atoms. The van der Waals surface area contributed by atoms with E-state index in [1.165, 1.54) is 36.4 Å². The number of amides is 2. The molecule has 3 N–H and O–H groups in total. The van der Waals surface area contributed by atoms with Crippen molar-refractivity contribution in [3.8, 4) is 12.3 Å². The minimum absolute atomic E-state index is 0.0501. The van der Waals surface area contributed by atoms with Gasteiger partial charge in [-0.05, 0) is 60.7 Å². The van der Waals surface area contributed by atoms with Crippen LogP contribution in [0.5, 0.6) is 0 Å². The third-order valence-corrected chi connectivity index (χ3v) is 5.60. The number of sulfonamides is 1. The number of carbonyl (C=O) groups excluding carboxylic acids is 2. The number of hydrogen-bond donors (Lipinski definition) is 3. The topological polar surface area (TPSA) is 104 Å². The predicted octanol–water partition coefficient (Wildman–Crippen LogP) is 2.98. The average Bonchev–Trinajstić information content (AvgIpc) is 2.79. The molecule has 0 aromatic heterocycles. The van der Waals surface area contributed by atoms with E-state index >= 15 is 0 Å². The standard InChI is InChI=1S/C23H18FN3O4S/c1-2-16-5-3-7-20(13-16)26-22(28)15-25-23(29)17-6-4-8-21(14-17)32(30,31)27-19-11-9-18(24)10-12-19/h1,3-14,27H,15H2,(H,25,29)(H,26,28). The lowest BCUT2D eigenvalue weighted by molar-refractivity contribution is -0.115. The Morgan fingerprint density at radius 3 is 2.38 bits per heavy atom. The number of terminal acetylenes is 1. The molecular weight excluding hydrogens is 433 g/mol. The van der Waals surface area contributed by atoms with Crippen molar-refractivity contribution in [2.24, 2.45) is 0 Å². The van der Waals surface area contributed by atoms with E-state index in [2.05, 4.69) is 21.3 Å². The monoisotopic (exact) mass is 451 g/mol. The second-order valence-corrected chi connectivity index (χ2v) is 8.28. The summed E-state index contributed by atoms with van der Waals surface area (Å²) < 4.78 is 40.5. The molecule has 0 radical (unpaired) electrons. The molecule has 9 heteroatoms. The first-order chi connectivity index (χ1) is 15.3. The van der Waals surface area contributed by atoms with Crippen molar-refractivity contribution in [2.45, 2.75) is 4.90 Å². The fraction of sp³-hybridized carbons (Fsp3) is 0.0435. The minimum atomic E-state index is -4.01. The van der Waals surface area contributed by atoms with Gasteiger partial charge >= 0.3 is 0 Å². The van der Waals surface area contributed by atoms with Crippen LogP contribution in [0.15, 0.2) is 77.7 Å². The summed E-state index contributed by atoms with van der Waals surface area (Å²) in [5, 5.41) is 5.04. The molecule has 0 aliphatic rings. The maximum Gasteiger partial charge on any atom is 0.261 e. The largest absolute Gasteiger partial charge is 0.343 e. The van der Waals surface area contributed by atoms with E-state index in [1.54, 1.807) is 24.3 Å². The fourth-order valence-electron chi connectivity index (χ4n) is 2.69. The van der Waals surface area contributed by atoms with Crippen LogP contribution in [0.3, 0.4) is 0 Å². The Morgan fingerprint density at radius 1 is 0.938 bits per heavy atom. The summed E-state index contributed by atoms with van der Waals surface area (Å²) in [6, 6.07) is 16.8. The van der Waals surface area contributed by atoms with Crippen molar-refractivity contribution < 1.29 is 22.4 Å². The second kappa shape index (κ2) is 9.76. The molecule has 0 fully saturated rings. The summed E-state index contributed by atoms with van der Waals surface area (Å²) in [5.41, 5.74) is 1.31. The molecule has 32 heavy (non-hydrogen) atoms. The molecule has 0 saturated carbocycles. The number of benzene rings is 3. The molecule has 2 amide bonds. The summed E-state index contributed by atoms with van der Waals surface area (Å²) >= 11 is 0. The van der Waals surface area contributed by atoms with E-state index in [0.29, 0.717) is 11.3 Å². The van der Waals surface area contributed by atoms with Gasteiger partial charge in [-0.25, -0.2) is 12.8 Å². The summed E-state index contributed by atoms with van der Waals surface area (Å²) in [5.74, 6) is 0.849. The molecule has 3 aromatic rings. The van der Waals surface area contributed by atoms with E-state index < -0.39 is 27.7 Å². The maximum absolute atomic E-state index is 13.0. The zero-order valence-electron chi connectivity index (χ0n) is 16.6. The van der Waals surface area contributed by atoms with Crippen LogP contribution < -0.4 is 15.4 Å². The Balaban J connectivity index is 1.63. The van der Waals surface area contributed by atoms with Gasteiger partial charge in [0.2, 0.25) is 5.91 Å². The normalized spacial score (nSPS) is 10.6. The highest BCUT2D eigenvalue weighted by molar-refractivity contribution is 7.92. The van der Waals surface area contributed by atoms with Crippen LogP contribution in [0.2, 0.25) is 0 Å². The Kier molecular flexibility index (Phi) is 6.87. The number of hydrogen-bond acceptors (Lipinski definition) is 4. The SMILES string of the molecule is C#Cc1cccc(NC(=O)CNC(=O)c2cccc(S(=O)(=O)Nc3ccc(F)cc3)c2)c1. The van der Waals surface area contributed by atoms with E-state index in [4.69, 9.17) is 6.42 Å². The van der Waals surface area contributed by atoms with Gasteiger partial charge in [-0.15, -0.1) is 6.42 Å². The lowest BCUT2D eigenvalue weighted by Gasteiger charge is -2.10. The van der Waals surface area contributed by atoms with Crippen LogP contribution in [0, 0.1) is 18.2 Å². The molecule has 0 saturated heterocycles. The first kappa shape index (κ1) is 22.5. The quantitative estimate of drug-likeness (QED) is 0.481. The average molecular weight is 451 g/mol. The van der Waals surface area contributed by atoms with E-state index in [-0.39, 0.29) is 22.7 Å². The van der Waals surface area contributed by atoms with Crippen molar-refractivity contribution >= 4 is 33.2 Å². The van der Waals surface area contributed by atoms with Crippen molar-refractivity contribution in [3.63, 3.8) is 0 Å². The predicted molar refractivity (Wildman–Crippen MR) is 119 cm³/mol. The van der Waals surface area contributed by atoms with Crippen LogP contribution >= 0.6 is 0 Å². The number of anilines is 2. The molecule has 0 aliphatic heterocycles. The van der Waals surface area contributed by atoms with Crippen molar-refractivity contribution in [1.29, 1.82) is 0 Å². The lowest BCUT2D eigenvalue weighted by atomic mass is 10.2. The maximum atomic E-state index is 13.0. The van der Waals surface area contributed by atoms with E-state index in [0.717, 1.165) is 12.1 Å². The van der Waals surface area contributed by atoms with Crippen LogP contribution in [0.4, 0.5) is 15.8 Å². The fourth-order valence-corrected chi connectivity index (χ4v) is 3.80. The first-order valence-electron chi connectivity index (χ1n) is 9.30. The Hall–Kier alpha value is -4.16. The van der Waals surface area contributed by atoms with Crippen molar-refractivity contribution in [2.75, 3.05) is 16.6 Å². The summed E-state index contributed by atoms with van der Waals surface area (Å²) in [7, 11) is -4.01. The van der Waals surface area contributed by atoms with Gasteiger partial charge in [-0.2, -0.15) is 0 Å². The van der Waals surface area contributed by atoms with Crippen LogP contribution in [0.25, 0.3) is 0 Å². The van der Waals surface area contributed by atoms with Crippen LogP contribution in [-0.2, 0) is 14.8 Å². The third kappa shape index (κ3) is 5.93. The zero-order valence-corrected chi connectivity index (χ0v) is 17.4. The molecule has 0 aliphatic carbocycles. The Labute approximate surface area is 184 Å². The molecule has 0 atom stereocenters. The van der Waals surface area contributed by atoms with Gasteiger partial charge in [0.25, 0.3) is 15.9 Å². The van der Waals surface area contributed by atoms with Crippen LogP contribution in [0.1, 0.15) is 15.9 Å². The molecule has 162 valence electrons. The third-order valence-electron chi connectivity index (χ3n) is 4.23. The number of nitrogens with one attached hydrogen (secondary N) is 3. The Morgan fingerprint density at radius 2 is 1.66 bits per heavy atom. The van der Waals surface area contributed by atoms with Gasteiger partial charge in [0.1, 0.15) is 5.82 Å². The van der Waals surface area contributed by atoms with E-state index in [9.17, 15) is 22.4 Å². The Bertz CT molecular complexity index is 1300. The highest BCUT2D eigenvalue weighted by Gasteiger charge is 2.17. The molecule has 0 heterocycles. The highest BCUT2D eigenvalue weighted by atomic mass is 32.2. The number of carbonyl (C=O) groups is 2. The summed E-state index contributed by atoms with van der Waals surface area (Å²) in [4.78, 5) is 24.3. The summed E-state index contributed by atoms with van der Waals surface area (Å²) in [6.07, 6.45) is 5.32. The molecule has 0 unspecified atom stereocenters. The van der Waals surface area contributed by atoms with Gasteiger partial charge in [0.15, 0.2) is 0 Å². The van der Waals surface area contributed by atoms with Crippen LogP contribution in [-0.4, -0.2) is 26.8 Å². The van der Waals surface area contributed by atoms with Gasteiger partial charge in [0.05, 0.1) is 11.4 Å². The van der Waals surface area contributed by atoms with Crippen molar-refractivity contribution in [3.05, 3.63) is 89.7 Å². The minimum Gasteiger partial charge on any atom is -0.343 e. The zero-order chi connectivity index (χ0) is 23.1. The van der Waals surface area contributed by atoms with Crippen molar-refractivity contribution in [1.82, 2.24) is 5.32 Å². The van der Waals surface area contributed by atoms with Gasteiger partial charge in [-0.3, -0.25) is 14.3 Å². The molecular formula is C23H18FN3O4S. The first-order valence-corrected chi connectivity index (χ1v) is 10.8. The number of rotatable bonds is 7. The molecule has 7 nitrogen and oxygen atoms in total. The van der Waals surface area contributed by atoms with Gasteiger partial charge < -0.3 is 10.6 Å². The lowest BCUT2D eigenvalue weighted by Crippen LogP contribution is -2.33. The highest BCUT2D eigenvalue weighted by Crippen LogP contribution is 2.17. The second-order valence-electron chi connectivity index (χ2n) is 6.60. The summed E-state index contributed by atoms with van der Waals surface area (Å²) in [6.45, 7) is -0.329. The van der Waals surface area contributed by atoms with Gasteiger partial charge in [0, 0.05) is 22.5 Å².